The van der Waals surface area contributed by atoms with E-state index >= 15 is 0 Å². The molecular formula is C25H19NO6. The van der Waals surface area contributed by atoms with Crippen LogP contribution in [0.4, 0.5) is 5.69 Å². The first-order valence-electron chi connectivity index (χ1n) is 9.81. The summed E-state index contributed by atoms with van der Waals surface area (Å²) in [4.78, 5) is 50.5. The molecule has 7 nitrogen and oxygen atoms in total. The molecule has 0 N–H and O–H groups in total. The van der Waals surface area contributed by atoms with E-state index in [4.69, 9.17) is 9.47 Å². The molecule has 0 unspecified atom stereocenters. The van der Waals surface area contributed by atoms with Crippen LogP contribution in [0.2, 0.25) is 0 Å². The average molecular weight is 429 g/mol. The molecule has 3 aromatic rings. The topological polar surface area (TPSA) is 90.0 Å². The zero-order valence-electron chi connectivity index (χ0n) is 17.7. The molecule has 0 radical (unpaired) electrons. The lowest BCUT2D eigenvalue weighted by Crippen LogP contribution is -2.29. The number of amides is 2. The minimum Gasteiger partial charge on any atom is -0.497 e. The van der Waals surface area contributed by atoms with Crippen molar-refractivity contribution in [1.82, 2.24) is 0 Å². The van der Waals surface area contributed by atoms with Crippen molar-refractivity contribution in [2.24, 2.45) is 0 Å². The molecule has 1 aliphatic heterocycles. The van der Waals surface area contributed by atoms with Gasteiger partial charge in [-0.15, -0.1) is 0 Å². The molecule has 7 heteroatoms. The van der Waals surface area contributed by atoms with E-state index in [9.17, 15) is 19.2 Å². The summed E-state index contributed by atoms with van der Waals surface area (Å²) >= 11 is 0. The van der Waals surface area contributed by atoms with Crippen molar-refractivity contribution >= 4 is 29.1 Å². The summed E-state index contributed by atoms with van der Waals surface area (Å²) in [5, 5.41) is 0. The van der Waals surface area contributed by atoms with E-state index < -0.39 is 11.8 Å². The highest BCUT2D eigenvalue weighted by atomic mass is 16.5. The number of imide groups is 1. The van der Waals surface area contributed by atoms with Gasteiger partial charge in [-0.25, -0.2) is 4.90 Å². The fourth-order valence-electron chi connectivity index (χ4n) is 3.57. The van der Waals surface area contributed by atoms with Gasteiger partial charge in [-0.3, -0.25) is 19.2 Å². The molecule has 0 aliphatic carbocycles. The van der Waals surface area contributed by atoms with E-state index in [-0.39, 0.29) is 28.3 Å². The number of anilines is 1. The van der Waals surface area contributed by atoms with E-state index in [1.165, 1.54) is 45.2 Å². The summed E-state index contributed by atoms with van der Waals surface area (Å²) in [5.74, 6) is -0.0897. The van der Waals surface area contributed by atoms with E-state index in [0.717, 1.165) is 4.90 Å². The van der Waals surface area contributed by atoms with Gasteiger partial charge < -0.3 is 9.47 Å². The van der Waals surface area contributed by atoms with Crippen molar-refractivity contribution in [2.45, 2.75) is 13.8 Å². The monoisotopic (exact) mass is 429 g/mol. The maximum absolute atomic E-state index is 13.0. The number of carbonyl (C=O) groups is 4. The molecule has 0 spiro atoms. The third kappa shape index (κ3) is 3.65. The molecule has 0 saturated carbocycles. The van der Waals surface area contributed by atoms with Crippen molar-refractivity contribution in [1.29, 1.82) is 0 Å². The Bertz CT molecular complexity index is 1280. The van der Waals surface area contributed by atoms with E-state index in [2.05, 4.69) is 0 Å². The number of benzene rings is 3. The van der Waals surface area contributed by atoms with Gasteiger partial charge in [-0.2, -0.15) is 0 Å². The molecule has 2 amide bonds. The second-order valence-electron chi connectivity index (χ2n) is 7.27. The molecule has 0 saturated heterocycles. The maximum Gasteiger partial charge on any atom is 0.266 e. The Morgan fingerprint density at radius 2 is 1.25 bits per heavy atom. The van der Waals surface area contributed by atoms with Crippen molar-refractivity contribution in [3.63, 3.8) is 0 Å². The third-order valence-corrected chi connectivity index (χ3v) is 5.17. The molecule has 4 rings (SSSR count). The smallest absolute Gasteiger partial charge is 0.266 e. The van der Waals surface area contributed by atoms with Crippen LogP contribution >= 0.6 is 0 Å². The highest BCUT2D eigenvalue weighted by Gasteiger charge is 2.37. The summed E-state index contributed by atoms with van der Waals surface area (Å²) in [6.07, 6.45) is 0. The van der Waals surface area contributed by atoms with E-state index in [1.807, 2.05) is 0 Å². The fourth-order valence-corrected chi connectivity index (χ4v) is 3.57. The van der Waals surface area contributed by atoms with Gasteiger partial charge in [-0.1, -0.05) is 0 Å². The zero-order valence-corrected chi connectivity index (χ0v) is 17.7. The van der Waals surface area contributed by atoms with Gasteiger partial charge in [0, 0.05) is 11.1 Å². The Morgan fingerprint density at radius 3 is 1.88 bits per heavy atom. The SMILES string of the molecule is COc1ccc(N2C(=O)c3ccc(Oc4ccc(C(C)=O)c(C(C)=O)c4)cc3C2=O)cc1. The quantitative estimate of drug-likeness (QED) is 0.417. The average Bonchev–Trinajstić information content (AvgIpc) is 3.03. The van der Waals surface area contributed by atoms with Crippen molar-refractivity contribution < 1.29 is 28.7 Å². The molecule has 3 aromatic carbocycles. The molecule has 0 bridgehead atoms. The van der Waals surface area contributed by atoms with Crippen LogP contribution in [-0.4, -0.2) is 30.5 Å². The Labute approximate surface area is 184 Å². The number of nitrogens with zero attached hydrogens (tertiary/aromatic N) is 1. The Balaban J connectivity index is 1.64. The second-order valence-corrected chi connectivity index (χ2v) is 7.27. The van der Waals surface area contributed by atoms with Crippen LogP contribution in [0.1, 0.15) is 55.3 Å². The lowest BCUT2D eigenvalue weighted by Gasteiger charge is -2.14. The molecule has 1 aliphatic rings. The number of fused-ring (bicyclic) bond motifs is 1. The lowest BCUT2D eigenvalue weighted by atomic mass is 10.0. The maximum atomic E-state index is 13.0. The predicted molar refractivity (Wildman–Crippen MR) is 117 cm³/mol. The summed E-state index contributed by atoms with van der Waals surface area (Å²) in [6, 6.07) is 15.8. The summed E-state index contributed by atoms with van der Waals surface area (Å²) in [6.45, 7) is 2.76. The number of methoxy groups -OCH3 is 1. The first-order chi connectivity index (χ1) is 15.3. The number of Topliss-reactive ketones (excluding diaryl/α,β-unsaturated/α-hetero) is 2. The van der Waals surface area contributed by atoms with Gasteiger partial charge in [0.05, 0.1) is 23.9 Å². The first kappa shape index (κ1) is 21.0. The van der Waals surface area contributed by atoms with Gasteiger partial charge in [0.25, 0.3) is 11.8 Å². The van der Waals surface area contributed by atoms with Crippen LogP contribution in [-0.2, 0) is 0 Å². The standard InChI is InChI=1S/C25H19NO6/c1-14(27)20-10-8-18(12-22(20)15(2)28)32-19-9-11-21-23(13-19)25(30)26(24(21)29)16-4-6-17(31-3)7-5-16/h4-13H,1-3H3. The Kier molecular flexibility index (Phi) is 5.32. The molecule has 0 fully saturated rings. The van der Waals surface area contributed by atoms with Crippen LogP contribution in [0.25, 0.3) is 0 Å². The van der Waals surface area contributed by atoms with Crippen molar-refractivity contribution in [3.8, 4) is 17.2 Å². The summed E-state index contributed by atoms with van der Waals surface area (Å²) < 4.78 is 10.9. The highest BCUT2D eigenvalue weighted by Crippen LogP contribution is 2.33. The second kappa shape index (κ2) is 8.11. The fraction of sp³-hybridized carbons (Fsp3) is 0.120. The van der Waals surface area contributed by atoms with Gasteiger partial charge in [0.2, 0.25) is 0 Å². The van der Waals surface area contributed by atoms with E-state index in [1.54, 1.807) is 36.4 Å². The number of hydrogen-bond acceptors (Lipinski definition) is 6. The highest BCUT2D eigenvalue weighted by molar-refractivity contribution is 6.34. The molecule has 0 aromatic heterocycles. The number of ether oxygens (including phenoxy) is 2. The zero-order chi connectivity index (χ0) is 23.0. The van der Waals surface area contributed by atoms with Crippen LogP contribution in [0.3, 0.4) is 0 Å². The third-order valence-electron chi connectivity index (χ3n) is 5.17. The van der Waals surface area contributed by atoms with Gasteiger partial charge >= 0.3 is 0 Å². The number of ketones is 2. The largest absolute Gasteiger partial charge is 0.497 e. The van der Waals surface area contributed by atoms with Gasteiger partial charge in [-0.05, 0) is 74.5 Å². The summed E-state index contributed by atoms with van der Waals surface area (Å²) in [7, 11) is 1.53. The van der Waals surface area contributed by atoms with Gasteiger partial charge in [0.1, 0.15) is 17.2 Å². The number of carbonyl (C=O) groups excluding carboxylic acids is 4. The molecule has 32 heavy (non-hydrogen) atoms. The normalized spacial score (nSPS) is 12.5. The summed E-state index contributed by atoms with van der Waals surface area (Å²) in [5.41, 5.74) is 1.50. The lowest BCUT2D eigenvalue weighted by molar-refractivity contribution is 0.0924. The van der Waals surface area contributed by atoms with Crippen LogP contribution in [0.5, 0.6) is 17.2 Å². The Morgan fingerprint density at radius 1 is 0.688 bits per heavy atom. The van der Waals surface area contributed by atoms with Crippen LogP contribution in [0.15, 0.2) is 60.7 Å². The molecule has 1 heterocycles. The van der Waals surface area contributed by atoms with Gasteiger partial charge in [0.15, 0.2) is 11.6 Å². The minimum atomic E-state index is -0.461. The minimum absolute atomic E-state index is 0.218. The molecule has 0 atom stereocenters. The number of hydrogen-bond donors (Lipinski definition) is 0. The van der Waals surface area contributed by atoms with Crippen molar-refractivity contribution in [2.75, 3.05) is 12.0 Å². The van der Waals surface area contributed by atoms with Crippen molar-refractivity contribution in [3.05, 3.63) is 82.9 Å². The molecule has 160 valence electrons. The first-order valence-corrected chi connectivity index (χ1v) is 9.81. The molecular weight excluding hydrogens is 410 g/mol. The number of rotatable bonds is 6. The predicted octanol–water partition coefficient (Wildman–Crippen LogP) is 4.69. The Hall–Kier alpha value is -4.26. The van der Waals surface area contributed by atoms with E-state index in [0.29, 0.717) is 28.5 Å². The van der Waals surface area contributed by atoms with Crippen LogP contribution in [0, 0.1) is 0 Å². The van der Waals surface area contributed by atoms with Crippen LogP contribution < -0.4 is 14.4 Å².